The summed E-state index contributed by atoms with van der Waals surface area (Å²) < 4.78 is 25.7. The van der Waals surface area contributed by atoms with Crippen molar-refractivity contribution in [2.24, 2.45) is 0 Å². The molecule has 0 saturated carbocycles. The lowest BCUT2D eigenvalue weighted by Crippen LogP contribution is -2.04. The van der Waals surface area contributed by atoms with Crippen LogP contribution in [0.1, 0.15) is 122 Å². The molecule has 2 rings (SSSR count). The van der Waals surface area contributed by atoms with Crippen molar-refractivity contribution in [1.82, 2.24) is 0 Å². The summed E-state index contributed by atoms with van der Waals surface area (Å²) in [5.74, 6) is -0.337. The van der Waals surface area contributed by atoms with Gasteiger partial charge in [-0.05, 0) is 30.5 Å². The Bertz CT molecular complexity index is 954. The van der Waals surface area contributed by atoms with Crippen molar-refractivity contribution in [2.75, 3.05) is 0 Å². The average Bonchev–Trinajstić information content (AvgIpc) is 2.85. The molecule has 0 aromatic heterocycles. The van der Waals surface area contributed by atoms with E-state index in [0.717, 1.165) is 19.3 Å². The van der Waals surface area contributed by atoms with E-state index in [-0.39, 0.29) is 27.2 Å². The average molecular weight is 503 g/mol. The van der Waals surface area contributed by atoms with Crippen molar-refractivity contribution in [3.05, 3.63) is 48.0 Å². The molecule has 5 heteroatoms. The third-order valence-electron chi connectivity index (χ3n) is 6.97. The van der Waals surface area contributed by atoms with Crippen LogP contribution in [-0.4, -0.2) is 18.6 Å². The van der Waals surface area contributed by atoms with Crippen molar-refractivity contribution in [1.29, 1.82) is 0 Å². The van der Waals surface area contributed by atoms with Gasteiger partial charge in [0.15, 0.2) is 0 Å². The van der Waals surface area contributed by atoms with Crippen molar-refractivity contribution >= 4 is 9.84 Å². The van der Waals surface area contributed by atoms with Crippen molar-refractivity contribution < 1.29 is 18.6 Å². The van der Waals surface area contributed by atoms with E-state index >= 15 is 0 Å². The number of benzene rings is 2. The summed E-state index contributed by atoms with van der Waals surface area (Å²) in [4.78, 5) is -0.161. The molecule has 1 unspecified atom stereocenters. The van der Waals surface area contributed by atoms with Gasteiger partial charge in [-0.15, -0.1) is 0 Å². The Kier molecular flexibility index (Phi) is 13.3. The van der Waals surface area contributed by atoms with Gasteiger partial charge in [-0.2, -0.15) is 0 Å². The Morgan fingerprint density at radius 1 is 0.686 bits per heavy atom. The molecule has 0 bridgehead atoms. The highest BCUT2D eigenvalue weighted by atomic mass is 32.2. The maximum Gasteiger partial charge on any atom is 0.210 e. The number of sulfone groups is 1. The van der Waals surface area contributed by atoms with Gasteiger partial charge >= 0.3 is 0 Å². The normalized spacial score (nSPS) is 12.6. The lowest BCUT2D eigenvalue weighted by Gasteiger charge is -2.16. The van der Waals surface area contributed by atoms with Crippen LogP contribution in [0.25, 0.3) is 0 Å². The molecule has 0 heterocycles. The fourth-order valence-corrected chi connectivity index (χ4v) is 6.08. The second-order valence-corrected chi connectivity index (χ2v) is 11.9. The van der Waals surface area contributed by atoms with Crippen LogP contribution >= 0.6 is 0 Å². The molecule has 0 aliphatic heterocycles. The Balaban J connectivity index is 1.67. The molecule has 4 nitrogen and oxygen atoms in total. The molecule has 2 N–H and O–H groups in total. The first-order chi connectivity index (χ1) is 16.9. The predicted molar refractivity (Wildman–Crippen MR) is 145 cm³/mol. The van der Waals surface area contributed by atoms with Crippen LogP contribution in [0.2, 0.25) is 0 Å². The Hall–Kier alpha value is -2.01. The number of aromatic hydroxyl groups is 2. The van der Waals surface area contributed by atoms with Crippen molar-refractivity contribution in [2.45, 2.75) is 126 Å². The van der Waals surface area contributed by atoms with Crippen LogP contribution in [0.15, 0.2) is 52.3 Å². The Morgan fingerprint density at radius 2 is 1.17 bits per heavy atom. The SMILES string of the molecule is CCCCCCCCCCCCCCCCC(C)c1cc(O)c(S(=O)(=O)c2ccccc2)cc1O. The molecule has 0 amide bonds. The summed E-state index contributed by atoms with van der Waals surface area (Å²) in [7, 11) is -3.89. The molecule has 2 aromatic rings. The predicted octanol–water partition coefficient (Wildman–Crippen LogP) is 8.91. The molecular weight excluding hydrogens is 456 g/mol. The fraction of sp³-hybridized carbons (Fsp3) is 0.600. The van der Waals surface area contributed by atoms with Crippen LogP contribution in [0, 0.1) is 0 Å². The number of hydrogen-bond donors (Lipinski definition) is 2. The van der Waals surface area contributed by atoms with E-state index < -0.39 is 9.84 Å². The fourth-order valence-electron chi connectivity index (χ4n) is 4.71. The summed E-state index contributed by atoms with van der Waals surface area (Å²) >= 11 is 0. The highest BCUT2D eigenvalue weighted by Crippen LogP contribution is 2.38. The summed E-state index contributed by atoms with van der Waals surface area (Å²) in [5.41, 5.74) is 0.601. The van der Waals surface area contributed by atoms with E-state index in [0.29, 0.717) is 5.56 Å². The highest BCUT2D eigenvalue weighted by Gasteiger charge is 2.24. The van der Waals surface area contributed by atoms with Gasteiger partial charge in [0.1, 0.15) is 16.4 Å². The molecule has 196 valence electrons. The number of rotatable bonds is 18. The number of unbranched alkanes of at least 4 members (excludes halogenated alkanes) is 13. The third kappa shape index (κ3) is 9.87. The smallest absolute Gasteiger partial charge is 0.210 e. The molecule has 0 fully saturated rings. The lowest BCUT2D eigenvalue weighted by atomic mass is 9.93. The van der Waals surface area contributed by atoms with Gasteiger partial charge in [-0.1, -0.05) is 122 Å². The van der Waals surface area contributed by atoms with Gasteiger partial charge in [-0.25, -0.2) is 8.42 Å². The van der Waals surface area contributed by atoms with E-state index in [9.17, 15) is 18.6 Å². The molecule has 0 saturated heterocycles. The Morgan fingerprint density at radius 3 is 1.69 bits per heavy atom. The standard InChI is InChI=1S/C30H46O4S/c1-3-4-5-6-7-8-9-10-11-12-13-14-15-17-20-25(2)27-23-29(32)30(24-28(27)31)35(33,34)26-21-18-16-19-22-26/h16,18-19,21-25,31-32H,3-15,17,20H2,1-2H3. The molecule has 35 heavy (non-hydrogen) atoms. The lowest BCUT2D eigenvalue weighted by molar-refractivity contribution is 0.433. The molecule has 0 aliphatic carbocycles. The van der Waals surface area contributed by atoms with E-state index in [2.05, 4.69) is 6.92 Å². The van der Waals surface area contributed by atoms with Gasteiger partial charge in [0, 0.05) is 11.6 Å². The van der Waals surface area contributed by atoms with Crippen molar-refractivity contribution in [3.63, 3.8) is 0 Å². The molecule has 2 aromatic carbocycles. The number of phenolic OH excluding ortho intramolecular Hbond substituents is 2. The molecule has 1 atom stereocenters. The largest absolute Gasteiger partial charge is 0.508 e. The zero-order chi connectivity index (χ0) is 25.5. The van der Waals surface area contributed by atoms with E-state index in [1.807, 2.05) is 6.92 Å². The van der Waals surface area contributed by atoms with Crippen LogP contribution < -0.4 is 0 Å². The van der Waals surface area contributed by atoms with Gasteiger partial charge in [0.2, 0.25) is 9.84 Å². The highest BCUT2D eigenvalue weighted by molar-refractivity contribution is 7.91. The summed E-state index contributed by atoms with van der Waals surface area (Å²) in [5, 5.41) is 21.0. The first-order valence-electron chi connectivity index (χ1n) is 13.7. The van der Waals surface area contributed by atoms with Gasteiger partial charge in [0.25, 0.3) is 0 Å². The first-order valence-corrected chi connectivity index (χ1v) is 15.2. The maximum absolute atomic E-state index is 12.8. The minimum absolute atomic E-state index is 0.0479. The minimum atomic E-state index is -3.89. The van der Waals surface area contributed by atoms with Crippen LogP contribution in [0.3, 0.4) is 0 Å². The van der Waals surface area contributed by atoms with E-state index in [1.54, 1.807) is 18.2 Å². The third-order valence-corrected chi connectivity index (χ3v) is 8.77. The van der Waals surface area contributed by atoms with E-state index in [4.69, 9.17) is 0 Å². The van der Waals surface area contributed by atoms with Crippen LogP contribution in [-0.2, 0) is 9.84 Å². The maximum atomic E-state index is 12.8. The van der Waals surface area contributed by atoms with Crippen LogP contribution in [0.4, 0.5) is 0 Å². The zero-order valence-corrected chi connectivity index (χ0v) is 22.7. The molecular formula is C30H46O4S. The number of phenols is 2. The second-order valence-electron chi connectivity index (χ2n) is 9.98. The molecule has 0 radical (unpaired) electrons. The van der Waals surface area contributed by atoms with Gasteiger partial charge < -0.3 is 10.2 Å². The minimum Gasteiger partial charge on any atom is -0.508 e. The monoisotopic (exact) mass is 502 g/mol. The second kappa shape index (κ2) is 15.9. The van der Waals surface area contributed by atoms with Gasteiger partial charge in [-0.3, -0.25) is 0 Å². The molecule has 0 aliphatic rings. The summed E-state index contributed by atoms with van der Waals surface area (Å²) in [6.45, 7) is 4.28. The zero-order valence-electron chi connectivity index (χ0n) is 21.8. The Labute approximate surface area is 213 Å². The first kappa shape index (κ1) is 29.2. The summed E-state index contributed by atoms with van der Waals surface area (Å²) in [6.07, 6.45) is 19.3. The summed E-state index contributed by atoms with van der Waals surface area (Å²) in [6, 6.07) is 10.6. The molecule has 0 spiro atoms. The van der Waals surface area contributed by atoms with E-state index in [1.165, 1.54) is 101 Å². The quantitative estimate of drug-likeness (QED) is 0.158. The van der Waals surface area contributed by atoms with Crippen LogP contribution in [0.5, 0.6) is 11.5 Å². The number of hydrogen-bond acceptors (Lipinski definition) is 4. The van der Waals surface area contributed by atoms with Crippen molar-refractivity contribution in [3.8, 4) is 11.5 Å². The van der Waals surface area contributed by atoms with Gasteiger partial charge in [0.05, 0.1) is 4.90 Å². The topological polar surface area (TPSA) is 74.6 Å².